The molecule has 0 spiro atoms. The average Bonchev–Trinajstić information content (AvgIpc) is 2.82. The number of nitrogens with zero attached hydrogens (tertiary/aromatic N) is 3. The molecule has 2 N–H and O–H groups in total. The molecule has 0 saturated carbocycles. The van der Waals surface area contributed by atoms with Crippen LogP contribution in [-0.4, -0.2) is 75.3 Å². The molecule has 2 heterocycles. The zero-order valence-electron chi connectivity index (χ0n) is 19.5. The Morgan fingerprint density at radius 2 is 1.88 bits per heavy atom. The van der Waals surface area contributed by atoms with Crippen LogP contribution in [0.1, 0.15) is 18.4 Å². The zero-order valence-corrected chi connectivity index (χ0v) is 21.1. The van der Waals surface area contributed by atoms with Crippen molar-refractivity contribution in [1.29, 1.82) is 0 Å². The third-order valence-electron chi connectivity index (χ3n) is 6.26. The fourth-order valence-electron chi connectivity index (χ4n) is 4.26. The minimum atomic E-state index is -0.0345. The number of rotatable bonds is 6. The third kappa shape index (κ3) is 6.62. The fraction of sp³-hybridized carbons (Fsp3) is 0.480. The number of carbonyl (C=O) groups excluding carboxylic acids is 1. The van der Waals surface area contributed by atoms with E-state index >= 15 is 0 Å². The highest BCUT2D eigenvalue weighted by Crippen LogP contribution is 2.29. The van der Waals surface area contributed by atoms with Crippen LogP contribution in [0.2, 0.25) is 0 Å². The summed E-state index contributed by atoms with van der Waals surface area (Å²) in [4.78, 5) is 19.0. The number of ether oxygens (including phenoxy) is 1. The van der Waals surface area contributed by atoms with Crippen molar-refractivity contribution in [2.24, 2.45) is 0 Å². The summed E-state index contributed by atoms with van der Waals surface area (Å²) in [7, 11) is 3.99. The van der Waals surface area contributed by atoms with Crippen LogP contribution in [0.4, 0.5) is 16.2 Å². The SMILES string of the molecule is CN(C)c1cccc(NC(=O)N2CCN(Cc3ccc(OC4CCNCC4)c(Br)c3)CC2)c1. The lowest BCUT2D eigenvalue weighted by molar-refractivity contribution is 0.142. The second-order valence-corrected chi connectivity index (χ2v) is 9.82. The molecule has 8 heteroatoms. The molecule has 2 aliphatic heterocycles. The number of anilines is 2. The summed E-state index contributed by atoms with van der Waals surface area (Å²) < 4.78 is 7.20. The van der Waals surface area contributed by atoms with Gasteiger partial charge in [-0.25, -0.2) is 4.79 Å². The van der Waals surface area contributed by atoms with E-state index in [-0.39, 0.29) is 12.1 Å². The first-order valence-corrected chi connectivity index (χ1v) is 12.5. The van der Waals surface area contributed by atoms with E-state index in [1.807, 2.05) is 48.2 Å². The molecular weight excluding hydrogens is 482 g/mol. The first-order valence-electron chi connectivity index (χ1n) is 11.7. The molecule has 4 rings (SSSR count). The number of halogens is 1. The number of hydrogen-bond acceptors (Lipinski definition) is 5. The maximum atomic E-state index is 12.7. The van der Waals surface area contributed by atoms with Gasteiger partial charge in [0.25, 0.3) is 0 Å². The summed E-state index contributed by atoms with van der Waals surface area (Å²) in [5, 5.41) is 6.41. The van der Waals surface area contributed by atoms with Gasteiger partial charge in [-0.05, 0) is 77.8 Å². The van der Waals surface area contributed by atoms with Crippen molar-refractivity contribution < 1.29 is 9.53 Å². The maximum Gasteiger partial charge on any atom is 0.321 e. The van der Waals surface area contributed by atoms with Gasteiger partial charge in [-0.1, -0.05) is 12.1 Å². The number of carbonyl (C=O) groups is 1. The van der Waals surface area contributed by atoms with E-state index < -0.39 is 0 Å². The Hall–Kier alpha value is -2.29. The molecule has 0 unspecified atom stereocenters. The number of amides is 2. The van der Waals surface area contributed by atoms with Crippen LogP contribution in [0.25, 0.3) is 0 Å². The summed E-state index contributed by atoms with van der Waals surface area (Å²) in [6.07, 6.45) is 2.39. The van der Waals surface area contributed by atoms with E-state index in [0.29, 0.717) is 0 Å². The molecule has 0 atom stereocenters. The standard InChI is InChI=1S/C25H34BrN5O2/c1-29(2)21-5-3-4-20(17-21)28-25(32)31-14-12-30(13-15-31)18-19-6-7-24(23(26)16-19)33-22-8-10-27-11-9-22/h3-7,16-17,22,27H,8-15,18H2,1-2H3,(H,28,32). The van der Waals surface area contributed by atoms with Crippen molar-refractivity contribution >= 4 is 33.3 Å². The summed E-state index contributed by atoms with van der Waals surface area (Å²) in [5.41, 5.74) is 3.14. The molecule has 2 amide bonds. The summed E-state index contributed by atoms with van der Waals surface area (Å²) >= 11 is 3.69. The summed E-state index contributed by atoms with van der Waals surface area (Å²) in [6.45, 7) is 6.06. The van der Waals surface area contributed by atoms with Crippen molar-refractivity contribution in [3.63, 3.8) is 0 Å². The highest BCUT2D eigenvalue weighted by atomic mass is 79.9. The molecule has 178 valence electrons. The van der Waals surface area contributed by atoms with Crippen molar-refractivity contribution in [3.05, 3.63) is 52.5 Å². The largest absolute Gasteiger partial charge is 0.489 e. The van der Waals surface area contributed by atoms with Crippen LogP contribution in [0.3, 0.4) is 0 Å². The molecule has 0 bridgehead atoms. The molecule has 0 aliphatic carbocycles. The van der Waals surface area contributed by atoms with Crippen molar-refractivity contribution in [1.82, 2.24) is 15.1 Å². The zero-order chi connectivity index (χ0) is 23.2. The first-order chi connectivity index (χ1) is 16.0. The van der Waals surface area contributed by atoms with Gasteiger partial charge >= 0.3 is 6.03 Å². The number of piperidine rings is 1. The molecular formula is C25H34BrN5O2. The summed E-state index contributed by atoms with van der Waals surface area (Å²) in [6, 6.07) is 14.3. The third-order valence-corrected chi connectivity index (χ3v) is 6.88. The molecule has 7 nitrogen and oxygen atoms in total. The molecule has 0 aromatic heterocycles. The quantitative estimate of drug-likeness (QED) is 0.608. The van der Waals surface area contributed by atoms with E-state index in [1.165, 1.54) is 5.56 Å². The fourth-order valence-corrected chi connectivity index (χ4v) is 4.78. The molecule has 2 fully saturated rings. The second kappa shape index (κ2) is 11.2. The van der Waals surface area contributed by atoms with Crippen LogP contribution in [-0.2, 0) is 6.54 Å². The van der Waals surface area contributed by atoms with Gasteiger partial charge in [0, 0.05) is 58.2 Å². The van der Waals surface area contributed by atoms with Gasteiger partial charge in [0.2, 0.25) is 0 Å². The molecule has 2 saturated heterocycles. The minimum absolute atomic E-state index is 0.0345. The molecule has 2 aromatic rings. The first kappa shape index (κ1) is 23.9. The van der Waals surface area contributed by atoms with Gasteiger partial charge in [0.1, 0.15) is 11.9 Å². The van der Waals surface area contributed by atoms with Gasteiger partial charge < -0.3 is 25.2 Å². The normalized spacial score (nSPS) is 17.6. The highest BCUT2D eigenvalue weighted by molar-refractivity contribution is 9.10. The predicted octanol–water partition coefficient (Wildman–Crippen LogP) is 4.00. The lowest BCUT2D eigenvalue weighted by Gasteiger charge is -2.34. The van der Waals surface area contributed by atoms with Gasteiger partial charge in [0.15, 0.2) is 0 Å². The predicted molar refractivity (Wildman–Crippen MR) is 137 cm³/mol. The van der Waals surface area contributed by atoms with Crippen molar-refractivity contribution in [2.75, 3.05) is 63.6 Å². The van der Waals surface area contributed by atoms with E-state index in [2.05, 4.69) is 49.7 Å². The Bertz CT molecular complexity index is 940. The average molecular weight is 516 g/mol. The number of urea groups is 1. The number of nitrogens with one attached hydrogen (secondary N) is 2. The van der Waals surface area contributed by atoms with Gasteiger partial charge in [-0.2, -0.15) is 0 Å². The monoisotopic (exact) mass is 515 g/mol. The maximum absolute atomic E-state index is 12.7. The lowest BCUT2D eigenvalue weighted by Crippen LogP contribution is -2.49. The minimum Gasteiger partial charge on any atom is -0.489 e. The van der Waals surface area contributed by atoms with E-state index in [0.717, 1.165) is 80.3 Å². The van der Waals surface area contributed by atoms with Gasteiger partial charge in [0.05, 0.1) is 4.47 Å². The number of benzene rings is 2. The van der Waals surface area contributed by atoms with Crippen LogP contribution in [0.15, 0.2) is 46.9 Å². The van der Waals surface area contributed by atoms with E-state index in [9.17, 15) is 4.79 Å². The van der Waals surface area contributed by atoms with E-state index in [1.54, 1.807) is 0 Å². The topological polar surface area (TPSA) is 60.1 Å². The Morgan fingerprint density at radius 1 is 1.12 bits per heavy atom. The van der Waals surface area contributed by atoms with Crippen molar-refractivity contribution in [3.8, 4) is 5.75 Å². The van der Waals surface area contributed by atoms with Crippen LogP contribution in [0.5, 0.6) is 5.75 Å². The highest BCUT2D eigenvalue weighted by Gasteiger charge is 2.22. The van der Waals surface area contributed by atoms with Crippen LogP contribution in [0, 0.1) is 0 Å². The van der Waals surface area contributed by atoms with Crippen LogP contribution >= 0.6 is 15.9 Å². The smallest absolute Gasteiger partial charge is 0.321 e. The molecule has 2 aliphatic rings. The van der Waals surface area contributed by atoms with Gasteiger partial charge in [-0.15, -0.1) is 0 Å². The molecule has 2 aromatic carbocycles. The second-order valence-electron chi connectivity index (χ2n) is 8.97. The lowest BCUT2D eigenvalue weighted by atomic mass is 10.1. The Morgan fingerprint density at radius 3 is 2.58 bits per heavy atom. The number of hydrogen-bond donors (Lipinski definition) is 2. The number of piperazine rings is 1. The van der Waals surface area contributed by atoms with E-state index in [4.69, 9.17) is 4.74 Å². The Kier molecular flexibility index (Phi) is 8.11. The molecule has 33 heavy (non-hydrogen) atoms. The van der Waals surface area contributed by atoms with Gasteiger partial charge in [-0.3, -0.25) is 4.90 Å². The van der Waals surface area contributed by atoms with Crippen LogP contribution < -0.4 is 20.3 Å². The summed E-state index contributed by atoms with van der Waals surface area (Å²) in [5.74, 6) is 0.922. The molecule has 0 radical (unpaired) electrons. The Labute approximate surface area is 205 Å². The van der Waals surface area contributed by atoms with Crippen molar-refractivity contribution in [2.45, 2.75) is 25.5 Å². The Balaban J connectivity index is 1.25.